The highest BCUT2D eigenvalue weighted by molar-refractivity contribution is 5.91. The number of carboxylic acids is 1. The molecule has 0 aliphatic rings. The fourth-order valence-corrected chi connectivity index (χ4v) is 3.40. The van der Waals surface area contributed by atoms with Crippen molar-refractivity contribution in [2.75, 3.05) is 20.6 Å². The summed E-state index contributed by atoms with van der Waals surface area (Å²) in [5, 5.41) is 15.1. The number of aliphatic carboxylic acids is 1. The number of hydrogen-bond donors (Lipinski definition) is 3. The molecule has 34 heavy (non-hydrogen) atoms. The molecule has 2 amide bonds. The summed E-state index contributed by atoms with van der Waals surface area (Å²) in [5.41, 5.74) is 0.117. The lowest BCUT2D eigenvalue weighted by Gasteiger charge is -2.38. The lowest BCUT2D eigenvalue weighted by Crippen LogP contribution is -2.60. The van der Waals surface area contributed by atoms with E-state index in [0.29, 0.717) is 0 Å². The van der Waals surface area contributed by atoms with Crippen molar-refractivity contribution in [2.45, 2.75) is 79.3 Å². The van der Waals surface area contributed by atoms with Crippen molar-refractivity contribution in [3.05, 3.63) is 47.5 Å². The average Bonchev–Trinajstić information content (AvgIpc) is 2.75. The van der Waals surface area contributed by atoms with Crippen molar-refractivity contribution in [2.24, 2.45) is 5.41 Å². The molecule has 1 aromatic carbocycles. The van der Waals surface area contributed by atoms with Gasteiger partial charge in [-0.05, 0) is 24.9 Å². The SMILES string of the molecule is CCC.CNC(C(=O)NC(C(=O)N(C)C/C=C(\C)C(=O)O)C(C)(C)C)C(C)(C)c1ccccc1. The van der Waals surface area contributed by atoms with E-state index >= 15 is 0 Å². The van der Waals surface area contributed by atoms with Gasteiger partial charge in [-0.3, -0.25) is 9.59 Å². The molecule has 7 heteroatoms. The quantitative estimate of drug-likeness (QED) is 0.469. The van der Waals surface area contributed by atoms with Crippen LogP contribution in [0.5, 0.6) is 0 Å². The first kappa shape index (κ1) is 31.3. The molecule has 0 saturated heterocycles. The summed E-state index contributed by atoms with van der Waals surface area (Å²) in [4.78, 5) is 38.9. The highest BCUT2D eigenvalue weighted by atomic mass is 16.4. The van der Waals surface area contributed by atoms with E-state index in [-0.39, 0.29) is 23.9 Å². The number of carbonyl (C=O) groups is 3. The summed E-state index contributed by atoms with van der Waals surface area (Å²) >= 11 is 0. The van der Waals surface area contributed by atoms with E-state index in [2.05, 4.69) is 24.5 Å². The smallest absolute Gasteiger partial charge is 0.331 e. The van der Waals surface area contributed by atoms with Gasteiger partial charge in [0.2, 0.25) is 11.8 Å². The molecule has 0 bridgehead atoms. The van der Waals surface area contributed by atoms with Crippen molar-refractivity contribution < 1.29 is 19.5 Å². The Morgan fingerprint density at radius 3 is 1.94 bits per heavy atom. The molecule has 2 atom stereocenters. The molecule has 1 aromatic rings. The molecule has 0 aliphatic heterocycles. The van der Waals surface area contributed by atoms with Crippen LogP contribution in [-0.2, 0) is 19.8 Å². The first-order valence-electron chi connectivity index (χ1n) is 11.8. The number of carboxylic acid groups (broad SMARTS) is 1. The zero-order valence-corrected chi connectivity index (χ0v) is 22.7. The van der Waals surface area contributed by atoms with Crippen LogP contribution in [0.3, 0.4) is 0 Å². The minimum Gasteiger partial charge on any atom is -0.478 e. The van der Waals surface area contributed by atoms with Gasteiger partial charge >= 0.3 is 5.97 Å². The third-order valence-corrected chi connectivity index (χ3v) is 5.57. The van der Waals surface area contributed by atoms with Crippen LogP contribution < -0.4 is 10.6 Å². The van der Waals surface area contributed by atoms with Gasteiger partial charge in [0.15, 0.2) is 0 Å². The Balaban J connectivity index is 0.00000343. The van der Waals surface area contributed by atoms with Gasteiger partial charge in [0.05, 0.1) is 6.04 Å². The Bertz CT molecular complexity index is 826. The highest BCUT2D eigenvalue weighted by Gasteiger charge is 2.40. The number of nitrogens with one attached hydrogen (secondary N) is 2. The second-order valence-corrected chi connectivity index (χ2v) is 10.2. The molecule has 0 saturated carbocycles. The second kappa shape index (κ2) is 13.9. The van der Waals surface area contributed by atoms with Crippen molar-refractivity contribution >= 4 is 17.8 Å². The molecule has 0 aromatic heterocycles. The Morgan fingerprint density at radius 1 is 1.03 bits per heavy atom. The Kier molecular flexibility index (Phi) is 12.8. The highest BCUT2D eigenvalue weighted by Crippen LogP contribution is 2.28. The standard InChI is InChI=1S/C24H37N3O4.C3H8/c1-16(22(30)31)14-15-27(8)21(29)19(23(2,3)4)26-20(28)18(25-7)24(5,6)17-12-10-9-11-13-17;1-3-2/h9-14,18-19,25H,15H2,1-8H3,(H,26,28)(H,30,31);3H2,1-2H3/b16-14+;. The zero-order chi connectivity index (χ0) is 26.7. The van der Waals surface area contributed by atoms with Crippen LogP contribution in [0, 0.1) is 5.41 Å². The maximum atomic E-state index is 13.3. The first-order chi connectivity index (χ1) is 15.6. The maximum absolute atomic E-state index is 13.3. The van der Waals surface area contributed by atoms with Crippen LogP contribution in [0.25, 0.3) is 0 Å². The number of rotatable bonds is 9. The fraction of sp³-hybridized carbons (Fsp3) is 0.593. The third kappa shape index (κ3) is 9.29. The summed E-state index contributed by atoms with van der Waals surface area (Å²) in [7, 11) is 3.33. The Labute approximate surface area is 206 Å². The maximum Gasteiger partial charge on any atom is 0.331 e. The molecule has 1 rings (SSSR count). The lowest BCUT2D eigenvalue weighted by molar-refractivity contribution is -0.139. The van der Waals surface area contributed by atoms with E-state index in [9.17, 15) is 14.4 Å². The molecule has 0 heterocycles. The van der Waals surface area contributed by atoms with Crippen LogP contribution in [0.4, 0.5) is 0 Å². The topological polar surface area (TPSA) is 98.7 Å². The van der Waals surface area contributed by atoms with Crippen molar-refractivity contribution in [3.8, 4) is 0 Å². The molecule has 3 N–H and O–H groups in total. The van der Waals surface area contributed by atoms with E-state index in [1.807, 2.05) is 65.0 Å². The van der Waals surface area contributed by atoms with Gasteiger partial charge < -0.3 is 20.6 Å². The van der Waals surface area contributed by atoms with Crippen LogP contribution in [0.15, 0.2) is 42.0 Å². The minimum absolute atomic E-state index is 0.143. The van der Waals surface area contributed by atoms with Crippen LogP contribution >= 0.6 is 0 Å². The number of likely N-dealkylation sites (N-methyl/N-ethyl adjacent to an activating group) is 2. The van der Waals surface area contributed by atoms with Crippen LogP contribution in [-0.4, -0.2) is 60.5 Å². The largest absolute Gasteiger partial charge is 0.478 e. The minimum atomic E-state index is -1.03. The molecule has 7 nitrogen and oxygen atoms in total. The lowest BCUT2D eigenvalue weighted by atomic mass is 9.76. The summed E-state index contributed by atoms with van der Waals surface area (Å²) in [6.07, 6.45) is 2.73. The van der Waals surface area contributed by atoms with Crippen LogP contribution in [0.2, 0.25) is 0 Å². The molecular weight excluding hydrogens is 430 g/mol. The predicted octanol–water partition coefficient (Wildman–Crippen LogP) is 3.99. The number of hydrogen-bond acceptors (Lipinski definition) is 4. The number of benzene rings is 1. The fourth-order valence-electron chi connectivity index (χ4n) is 3.40. The summed E-state index contributed by atoms with van der Waals surface area (Å²) in [6.45, 7) is 15.5. The Hall–Kier alpha value is -2.67. The predicted molar refractivity (Wildman–Crippen MR) is 139 cm³/mol. The van der Waals surface area contributed by atoms with Gasteiger partial charge in [0, 0.05) is 24.6 Å². The number of nitrogens with zero attached hydrogens (tertiary/aromatic N) is 1. The van der Waals surface area contributed by atoms with Crippen LogP contribution in [0.1, 0.15) is 67.4 Å². The van der Waals surface area contributed by atoms with Gasteiger partial charge in [-0.1, -0.05) is 91.3 Å². The monoisotopic (exact) mass is 475 g/mol. The van der Waals surface area contributed by atoms with Gasteiger partial charge in [0.1, 0.15) is 6.04 Å². The molecular formula is C27H45N3O4. The number of carbonyl (C=O) groups excluding carboxylic acids is 2. The normalized spacial score (nSPS) is 13.8. The van der Waals surface area contributed by atoms with E-state index in [1.165, 1.54) is 24.3 Å². The summed E-state index contributed by atoms with van der Waals surface area (Å²) < 4.78 is 0. The molecule has 0 fully saturated rings. The van der Waals surface area contributed by atoms with E-state index < -0.39 is 28.9 Å². The van der Waals surface area contributed by atoms with E-state index in [0.717, 1.165) is 5.56 Å². The van der Waals surface area contributed by atoms with Gasteiger partial charge in [0.25, 0.3) is 0 Å². The first-order valence-corrected chi connectivity index (χ1v) is 11.8. The van der Waals surface area contributed by atoms with Gasteiger partial charge in [-0.2, -0.15) is 0 Å². The zero-order valence-electron chi connectivity index (χ0n) is 22.7. The van der Waals surface area contributed by atoms with Crippen molar-refractivity contribution in [3.63, 3.8) is 0 Å². The molecule has 0 aliphatic carbocycles. The van der Waals surface area contributed by atoms with Gasteiger partial charge in [-0.15, -0.1) is 0 Å². The van der Waals surface area contributed by atoms with Crippen molar-refractivity contribution in [1.29, 1.82) is 0 Å². The Morgan fingerprint density at radius 2 is 1.53 bits per heavy atom. The number of amides is 2. The van der Waals surface area contributed by atoms with Crippen molar-refractivity contribution in [1.82, 2.24) is 15.5 Å². The van der Waals surface area contributed by atoms with Gasteiger partial charge in [-0.25, -0.2) is 4.79 Å². The molecule has 192 valence electrons. The molecule has 0 radical (unpaired) electrons. The molecule has 2 unspecified atom stereocenters. The summed E-state index contributed by atoms with van der Waals surface area (Å²) in [5.74, 6) is -1.57. The average molecular weight is 476 g/mol. The van der Waals surface area contributed by atoms with E-state index in [1.54, 1.807) is 14.1 Å². The molecule has 0 spiro atoms. The second-order valence-electron chi connectivity index (χ2n) is 10.2. The third-order valence-electron chi connectivity index (χ3n) is 5.57. The van der Waals surface area contributed by atoms with E-state index in [4.69, 9.17) is 5.11 Å². The summed E-state index contributed by atoms with van der Waals surface area (Å²) in [6, 6.07) is 8.43.